The number of rotatable bonds is 5. The molecule has 0 bridgehead atoms. The monoisotopic (exact) mass is 303 g/mol. The Labute approximate surface area is 134 Å². The third kappa shape index (κ3) is 4.82. The summed E-state index contributed by atoms with van der Waals surface area (Å²) in [6.07, 6.45) is 2.56. The molecule has 2 rings (SSSR count). The van der Waals surface area contributed by atoms with Crippen LogP contribution in [0.3, 0.4) is 0 Å². The van der Waals surface area contributed by atoms with Crippen molar-refractivity contribution in [1.29, 1.82) is 0 Å². The van der Waals surface area contributed by atoms with Crippen LogP contribution in [0.2, 0.25) is 0 Å². The molecule has 0 aliphatic carbocycles. The molecule has 1 aliphatic rings. The second-order valence-corrected chi connectivity index (χ2v) is 7.13. The molecule has 1 amide bonds. The number of piperidine rings is 1. The molecule has 1 aromatic rings. The maximum absolute atomic E-state index is 11.9. The number of hydrogen-bond acceptors (Lipinski definition) is 3. The minimum absolute atomic E-state index is 0.117. The topological polar surface area (TPSA) is 58.4 Å². The fourth-order valence-electron chi connectivity index (χ4n) is 2.75. The third-order valence-corrected chi connectivity index (χ3v) is 4.41. The molecule has 0 radical (unpaired) electrons. The van der Waals surface area contributed by atoms with E-state index >= 15 is 0 Å². The molecule has 0 aromatic heterocycles. The number of nitrogens with zero attached hydrogens (tertiary/aromatic N) is 1. The van der Waals surface area contributed by atoms with Crippen molar-refractivity contribution in [2.75, 3.05) is 13.1 Å². The number of likely N-dealkylation sites (tertiary alicyclic amines) is 1. The van der Waals surface area contributed by atoms with Gasteiger partial charge in [0.25, 0.3) is 0 Å². The highest BCUT2D eigenvalue weighted by atomic mass is 16.2. The zero-order valence-electron chi connectivity index (χ0n) is 14.1. The highest BCUT2D eigenvalue weighted by Crippen LogP contribution is 2.19. The summed E-state index contributed by atoms with van der Waals surface area (Å²) in [4.78, 5) is 14.4. The minimum atomic E-state index is -0.835. The summed E-state index contributed by atoms with van der Waals surface area (Å²) in [5.74, 6) is 0.728. The van der Waals surface area contributed by atoms with Gasteiger partial charge in [0.15, 0.2) is 0 Å². The molecule has 1 heterocycles. The first-order valence-corrected chi connectivity index (χ1v) is 8.22. The van der Waals surface area contributed by atoms with E-state index in [2.05, 4.69) is 35.3 Å². The van der Waals surface area contributed by atoms with Crippen molar-refractivity contribution < 1.29 is 4.79 Å². The lowest BCUT2D eigenvalue weighted by Crippen LogP contribution is -2.48. The molecule has 0 saturated carbocycles. The van der Waals surface area contributed by atoms with Crippen molar-refractivity contribution in [2.45, 2.75) is 52.2 Å². The molecule has 4 heteroatoms. The Morgan fingerprint density at radius 3 is 2.45 bits per heavy atom. The Balaban J connectivity index is 1.96. The van der Waals surface area contributed by atoms with Gasteiger partial charge < -0.3 is 11.1 Å². The number of nitrogens with two attached hydrogens (primary N) is 1. The lowest BCUT2D eigenvalue weighted by molar-refractivity contribution is -0.125. The van der Waals surface area contributed by atoms with Gasteiger partial charge in [0, 0.05) is 13.1 Å². The molecule has 0 spiro atoms. The quantitative estimate of drug-likeness (QED) is 0.877. The minimum Gasteiger partial charge on any atom is -0.350 e. The fraction of sp³-hybridized carbons (Fsp3) is 0.611. The highest BCUT2D eigenvalue weighted by molar-refractivity contribution is 5.85. The molecule has 1 aliphatic heterocycles. The Morgan fingerprint density at radius 1 is 1.27 bits per heavy atom. The van der Waals surface area contributed by atoms with Gasteiger partial charge in [-0.15, -0.1) is 0 Å². The predicted octanol–water partition coefficient (Wildman–Crippen LogP) is 2.27. The average molecular weight is 303 g/mol. The second-order valence-electron chi connectivity index (χ2n) is 7.13. The van der Waals surface area contributed by atoms with E-state index in [4.69, 9.17) is 5.73 Å². The maximum Gasteiger partial charge on any atom is 0.239 e. The molecule has 0 atom stereocenters. The summed E-state index contributed by atoms with van der Waals surface area (Å²) in [5.41, 5.74) is 7.47. The molecule has 1 fully saturated rings. The average Bonchev–Trinajstić information content (AvgIpc) is 2.47. The van der Waals surface area contributed by atoms with Crippen LogP contribution in [-0.4, -0.2) is 29.4 Å². The van der Waals surface area contributed by atoms with Crippen LogP contribution in [0.15, 0.2) is 24.3 Å². The first-order chi connectivity index (χ1) is 10.4. The lowest BCUT2D eigenvalue weighted by atomic mass is 9.98. The number of benzene rings is 1. The summed E-state index contributed by atoms with van der Waals surface area (Å²) in [6, 6.07) is 8.34. The van der Waals surface area contributed by atoms with E-state index in [1.54, 1.807) is 13.8 Å². The van der Waals surface area contributed by atoms with Gasteiger partial charge in [-0.2, -0.15) is 0 Å². The number of hydrogen-bond donors (Lipinski definition) is 2. The van der Waals surface area contributed by atoms with E-state index in [0.29, 0.717) is 6.54 Å². The summed E-state index contributed by atoms with van der Waals surface area (Å²) >= 11 is 0. The van der Waals surface area contributed by atoms with E-state index in [-0.39, 0.29) is 5.91 Å². The standard InChI is InChI=1S/C18H29N3O/c1-14-8-10-21(11-9-14)13-16-7-5-4-6-15(16)12-20-17(22)18(2,3)19/h4-7,14H,8-13,19H2,1-3H3,(H,20,22). The molecule has 22 heavy (non-hydrogen) atoms. The van der Waals surface area contributed by atoms with Crippen LogP contribution < -0.4 is 11.1 Å². The van der Waals surface area contributed by atoms with Crippen molar-refractivity contribution in [2.24, 2.45) is 11.7 Å². The van der Waals surface area contributed by atoms with Crippen molar-refractivity contribution in [3.63, 3.8) is 0 Å². The van der Waals surface area contributed by atoms with Gasteiger partial charge in [0.2, 0.25) is 5.91 Å². The van der Waals surface area contributed by atoms with E-state index in [1.165, 1.54) is 24.0 Å². The van der Waals surface area contributed by atoms with Crippen LogP contribution in [0.25, 0.3) is 0 Å². The number of nitrogens with one attached hydrogen (secondary N) is 1. The SMILES string of the molecule is CC1CCN(Cc2ccccc2CNC(=O)C(C)(C)N)CC1. The summed E-state index contributed by atoms with van der Waals surface area (Å²) in [7, 11) is 0. The molecule has 0 unspecified atom stereocenters. The largest absolute Gasteiger partial charge is 0.350 e. The van der Waals surface area contributed by atoms with Crippen molar-refractivity contribution >= 4 is 5.91 Å². The third-order valence-electron chi connectivity index (χ3n) is 4.41. The summed E-state index contributed by atoms with van der Waals surface area (Å²) in [6.45, 7) is 9.61. The first kappa shape index (κ1) is 17.0. The van der Waals surface area contributed by atoms with E-state index in [1.807, 2.05) is 6.07 Å². The number of carbonyl (C=O) groups excluding carboxylic acids is 1. The molecule has 122 valence electrons. The summed E-state index contributed by atoms with van der Waals surface area (Å²) in [5, 5.41) is 2.94. The van der Waals surface area contributed by atoms with E-state index in [9.17, 15) is 4.79 Å². The molecule has 4 nitrogen and oxygen atoms in total. The number of amides is 1. The number of carbonyl (C=O) groups is 1. The Hall–Kier alpha value is -1.39. The van der Waals surface area contributed by atoms with Crippen LogP contribution in [0.4, 0.5) is 0 Å². The van der Waals surface area contributed by atoms with Gasteiger partial charge in [-0.1, -0.05) is 31.2 Å². The van der Waals surface area contributed by atoms with Gasteiger partial charge in [-0.05, 0) is 56.8 Å². The van der Waals surface area contributed by atoms with E-state index in [0.717, 1.165) is 25.6 Å². The molecular formula is C18H29N3O. The normalized spacial score (nSPS) is 17.5. The zero-order valence-corrected chi connectivity index (χ0v) is 14.1. The van der Waals surface area contributed by atoms with Crippen LogP contribution in [-0.2, 0) is 17.9 Å². The van der Waals surface area contributed by atoms with Gasteiger partial charge >= 0.3 is 0 Å². The van der Waals surface area contributed by atoms with Gasteiger partial charge in [0.05, 0.1) is 5.54 Å². The summed E-state index contributed by atoms with van der Waals surface area (Å²) < 4.78 is 0. The van der Waals surface area contributed by atoms with Gasteiger partial charge in [-0.3, -0.25) is 9.69 Å². The van der Waals surface area contributed by atoms with Crippen LogP contribution in [0.1, 0.15) is 44.7 Å². The van der Waals surface area contributed by atoms with Gasteiger partial charge in [-0.25, -0.2) is 0 Å². The van der Waals surface area contributed by atoms with Crippen LogP contribution in [0.5, 0.6) is 0 Å². The molecule has 3 N–H and O–H groups in total. The van der Waals surface area contributed by atoms with Crippen LogP contribution >= 0.6 is 0 Å². The first-order valence-electron chi connectivity index (χ1n) is 8.22. The fourth-order valence-corrected chi connectivity index (χ4v) is 2.75. The van der Waals surface area contributed by atoms with Crippen molar-refractivity contribution in [3.8, 4) is 0 Å². The lowest BCUT2D eigenvalue weighted by Gasteiger charge is -2.30. The smallest absolute Gasteiger partial charge is 0.239 e. The maximum atomic E-state index is 11.9. The van der Waals surface area contributed by atoms with Crippen LogP contribution in [0, 0.1) is 5.92 Å². The van der Waals surface area contributed by atoms with Crippen molar-refractivity contribution in [3.05, 3.63) is 35.4 Å². The van der Waals surface area contributed by atoms with Gasteiger partial charge in [0.1, 0.15) is 0 Å². The second kappa shape index (κ2) is 7.25. The predicted molar refractivity (Wildman–Crippen MR) is 90.2 cm³/mol. The molecule has 1 saturated heterocycles. The zero-order chi connectivity index (χ0) is 16.2. The Morgan fingerprint density at radius 2 is 1.86 bits per heavy atom. The van der Waals surface area contributed by atoms with Crippen molar-refractivity contribution in [1.82, 2.24) is 10.2 Å². The molecule has 1 aromatic carbocycles. The van der Waals surface area contributed by atoms with E-state index < -0.39 is 5.54 Å². The molecular weight excluding hydrogens is 274 g/mol. The Kier molecular flexibility index (Phi) is 5.59. The highest BCUT2D eigenvalue weighted by Gasteiger charge is 2.22. The Bertz CT molecular complexity index is 499.